The summed E-state index contributed by atoms with van der Waals surface area (Å²) in [5.41, 5.74) is 0.732. The number of nitrogens with zero attached hydrogens (tertiary/aromatic N) is 2. The molecular weight excluding hydrogens is 271 g/mol. The van der Waals surface area contributed by atoms with E-state index in [1.807, 2.05) is 4.90 Å². The topological polar surface area (TPSA) is 32.8 Å². The first-order chi connectivity index (χ1) is 10.1. The molecule has 0 spiro atoms. The van der Waals surface area contributed by atoms with Crippen molar-refractivity contribution in [3.8, 4) is 0 Å². The summed E-state index contributed by atoms with van der Waals surface area (Å²) in [6, 6.07) is 6.55. The summed E-state index contributed by atoms with van der Waals surface area (Å²) in [4.78, 5) is 16.6. The SMILES string of the molecule is CN1CCOC2CCN(C(=O)Cc3cccc(F)c3)C[C@@H]21. The van der Waals surface area contributed by atoms with Gasteiger partial charge in [0.05, 0.1) is 25.2 Å². The van der Waals surface area contributed by atoms with Crippen molar-refractivity contribution in [3.05, 3.63) is 35.6 Å². The highest BCUT2D eigenvalue weighted by Gasteiger charge is 2.36. The van der Waals surface area contributed by atoms with Crippen LogP contribution in [0.1, 0.15) is 12.0 Å². The van der Waals surface area contributed by atoms with E-state index in [9.17, 15) is 9.18 Å². The molecule has 2 atom stereocenters. The van der Waals surface area contributed by atoms with Crippen molar-refractivity contribution in [3.63, 3.8) is 0 Å². The number of rotatable bonds is 2. The monoisotopic (exact) mass is 292 g/mol. The van der Waals surface area contributed by atoms with Gasteiger partial charge in [-0.1, -0.05) is 12.1 Å². The predicted molar refractivity (Wildman–Crippen MR) is 77.5 cm³/mol. The summed E-state index contributed by atoms with van der Waals surface area (Å²) >= 11 is 0. The normalized spacial score (nSPS) is 26.5. The molecule has 1 unspecified atom stereocenters. The highest BCUT2D eigenvalue weighted by Crippen LogP contribution is 2.22. The number of piperidine rings is 1. The minimum Gasteiger partial charge on any atom is -0.375 e. The molecule has 2 saturated heterocycles. The second-order valence-corrected chi connectivity index (χ2v) is 5.89. The second-order valence-electron chi connectivity index (χ2n) is 5.89. The van der Waals surface area contributed by atoms with Crippen molar-refractivity contribution < 1.29 is 13.9 Å². The molecule has 4 nitrogen and oxygen atoms in total. The fourth-order valence-corrected chi connectivity index (χ4v) is 3.20. The number of amides is 1. The van der Waals surface area contributed by atoms with Gasteiger partial charge in [-0.15, -0.1) is 0 Å². The van der Waals surface area contributed by atoms with Gasteiger partial charge in [0.2, 0.25) is 5.91 Å². The summed E-state index contributed by atoms with van der Waals surface area (Å²) in [6.45, 7) is 3.11. The minimum absolute atomic E-state index is 0.0676. The summed E-state index contributed by atoms with van der Waals surface area (Å²) in [5, 5.41) is 0. The number of carbonyl (C=O) groups excluding carboxylic acids is 1. The van der Waals surface area contributed by atoms with Gasteiger partial charge in [0.1, 0.15) is 5.82 Å². The Morgan fingerprint density at radius 1 is 1.43 bits per heavy atom. The van der Waals surface area contributed by atoms with Gasteiger partial charge in [-0.3, -0.25) is 9.69 Å². The molecule has 21 heavy (non-hydrogen) atoms. The highest BCUT2D eigenvalue weighted by atomic mass is 19.1. The number of hydrogen-bond acceptors (Lipinski definition) is 3. The van der Waals surface area contributed by atoms with Gasteiger partial charge >= 0.3 is 0 Å². The fraction of sp³-hybridized carbons (Fsp3) is 0.562. The van der Waals surface area contributed by atoms with Crippen molar-refractivity contribution in [1.82, 2.24) is 9.80 Å². The Labute approximate surface area is 124 Å². The average Bonchev–Trinajstić information content (AvgIpc) is 2.47. The molecule has 0 bridgehead atoms. The number of ether oxygens (including phenoxy) is 1. The van der Waals surface area contributed by atoms with Crippen molar-refractivity contribution in [1.29, 1.82) is 0 Å². The van der Waals surface area contributed by atoms with Crippen LogP contribution in [0.25, 0.3) is 0 Å². The van der Waals surface area contributed by atoms with E-state index in [0.29, 0.717) is 6.54 Å². The molecule has 0 N–H and O–H groups in total. The Bertz CT molecular complexity index is 523. The number of likely N-dealkylation sites (tertiary alicyclic amines) is 1. The molecule has 1 aromatic carbocycles. The zero-order valence-electron chi connectivity index (χ0n) is 12.3. The Morgan fingerprint density at radius 2 is 2.29 bits per heavy atom. The van der Waals surface area contributed by atoms with Crippen molar-refractivity contribution in [2.75, 3.05) is 33.3 Å². The van der Waals surface area contributed by atoms with E-state index in [-0.39, 0.29) is 30.3 Å². The Morgan fingerprint density at radius 3 is 3.10 bits per heavy atom. The third-order valence-corrected chi connectivity index (χ3v) is 4.46. The fourth-order valence-electron chi connectivity index (χ4n) is 3.20. The summed E-state index contributed by atoms with van der Waals surface area (Å²) in [5.74, 6) is -0.225. The largest absolute Gasteiger partial charge is 0.375 e. The lowest BCUT2D eigenvalue weighted by atomic mass is 9.98. The van der Waals surface area contributed by atoms with Gasteiger partial charge in [0.25, 0.3) is 0 Å². The quantitative estimate of drug-likeness (QED) is 0.824. The third-order valence-electron chi connectivity index (χ3n) is 4.46. The number of likely N-dealkylation sites (N-methyl/N-ethyl adjacent to an activating group) is 1. The van der Waals surface area contributed by atoms with Gasteiger partial charge in [0.15, 0.2) is 0 Å². The molecule has 2 fully saturated rings. The number of halogens is 1. The second kappa shape index (κ2) is 6.12. The van der Waals surface area contributed by atoms with Crippen molar-refractivity contribution in [2.45, 2.75) is 25.0 Å². The van der Waals surface area contributed by atoms with Crippen LogP contribution in [0, 0.1) is 5.82 Å². The number of carbonyl (C=O) groups is 1. The third kappa shape index (κ3) is 3.24. The molecule has 5 heteroatoms. The van der Waals surface area contributed by atoms with E-state index >= 15 is 0 Å². The number of hydrogen-bond donors (Lipinski definition) is 0. The van der Waals surface area contributed by atoms with Crippen LogP contribution in [-0.4, -0.2) is 61.1 Å². The van der Waals surface area contributed by atoms with Crippen LogP contribution < -0.4 is 0 Å². The first kappa shape index (κ1) is 14.5. The Balaban J connectivity index is 1.63. The molecule has 2 aliphatic heterocycles. The van der Waals surface area contributed by atoms with Gasteiger partial charge in [-0.25, -0.2) is 4.39 Å². The maximum absolute atomic E-state index is 13.2. The maximum atomic E-state index is 13.2. The molecule has 3 rings (SSSR count). The lowest BCUT2D eigenvalue weighted by Gasteiger charge is -2.45. The van der Waals surface area contributed by atoms with E-state index in [4.69, 9.17) is 4.74 Å². The molecule has 1 aromatic rings. The van der Waals surface area contributed by atoms with Crippen LogP contribution in [0.5, 0.6) is 0 Å². The van der Waals surface area contributed by atoms with Crippen LogP contribution >= 0.6 is 0 Å². The molecular formula is C16H21FN2O2. The van der Waals surface area contributed by atoms with Crippen LogP contribution in [-0.2, 0) is 16.0 Å². The smallest absolute Gasteiger partial charge is 0.227 e. The van der Waals surface area contributed by atoms with Crippen LogP contribution in [0.3, 0.4) is 0 Å². The molecule has 0 aliphatic carbocycles. The Kier molecular flexibility index (Phi) is 4.22. The molecule has 0 aromatic heterocycles. The molecule has 0 radical (unpaired) electrons. The molecule has 0 saturated carbocycles. The zero-order valence-corrected chi connectivity index (χ0v) is 12.3. The Hall–Kier alpha value is -1.46. The van der Waals surface area contributed by atoms with Crippen molar-refractivity contribution >= 4 is 5.91 Å². The molecule has 114 valence electrons. The number of benzene rings is 1. The standard InChI is InChI=1S/C16H21FN2O2/c1-18-7-8-21-15-5-6-19(11-14(15)18)16(20)10-12-3-2-4-13(17)9-12/h2-4,9,14-15H,5-8,10-11H2,1H3/t14-,15?/m0/s1. The van der Waals surface area contributed by atoms with E-state index in [1.165, 1.54) is 12.1 Å². The van der Waals surface area contributed by atoms with Gasteiger partial charge in [-0.2, -0.15) is 0 Å². The van der Waals surface area contributed by atoms with Crippen molar-refractivity contribution in [2.24, 2.45) is 0 Å². The minimum atomic E-state index is -0.292. The highest BCUT2D eigenvalue weighted by molar-refractivity contribution is 5.79. The first-order valence-corrected chi connectivity index (χ1v) is 7.47. The van der Waals surface area contributed by atoms with E-state index in [2.05, 4.69) is 11.9 Å². The number of fused-ring (bicyclic) bond motifs is 1. The molecule has 2 aliphatic rings. The summed E-state index contributed by atoms with van der Waals surface area (Å²) < 4.78 is 19.0. The molecule has 1 amide bonds. The van der Waals surface area contributed by atoms with Crippen LogP contribution in [0.4, 0.5) is 4.39 Å². The van der Waals surface area contributed by atoms with Crippen LogP contribution in [0.15, 0.2) is 24.3 Å². The van der Waals surface area contributed by atoms with Crippen LogP contribution in [0.2, 0.25) is 0 Å². The summed E-state index contributed by atoms with van der Waals surface area (Å²) in [7, 11) is 2.08. The van der Waals surface area contributed by atoms with E-state index in [1.54, 1.807) is 12.1 Å². The van der Waals surface area contributed by atoms with Gasteiger partial charge < -0.3 is 9.64 Å². The van der Waals surface area contributed by atoms with Gasteiger partial charge in [-0.05, 0) is 31.2 Å². The van der Waals surface area contributed by atoms with Gasteiger partial charge in [0, 0.05) is 19.6 Å². The summed E-state index contributed by atoms with van der Waals surface area (Å²) in [6.07, 6.45) is 1.38. The van der Waals surface area contributed by atoms with E-state index in [0.717, 1.165) is 31.7 Å². The lowest BCUT2D eigenvalue weighted by molar-refractivity contribution is -0.140. The average molecular weight is 292 g/mol. The van der Waals surface area contributed by atoms with E-state index < -0.39 is 0 Å². The zero-order chi connectivity index (χ0) is 14.8. The molecule has 2 heterocycles. The number of morpholine rings is 1. The maximum Gasteiger partial charge on any atom is 0.227 e. The lowest BCUT2D eigenvalue weighted by Crippen LogP contribution is -2.59. The predicted octanol–water partition coefficient (Wildman–Crippen LogP) is 1.30. The first-order valence-electron chi connectivity index (χ1n) is 7.47.